The zero-order valence-electron chi connectivity index (χ0n) is 14.8. The fourth-order valence-corrected chi connectivity index (χ4v) is 5.87. The maximum Gasteiger partial charge on any atom is 0.136 e. The van der Waals surface area contributed by atoms with E-state index in [9.17, 15) is 4.79 Å². The van der Waals surface area contributed by atoms with Gasteiger partial charge in [0.05, 0.1) is 7.11 Å². The van der Waals surface area contributed by atoms with E-state index in [4.69, 9.17) is 4.74 Å². The van der Waals surface area contributed by atoms with Gasteiger partial charge in [-0.15, -0.1) is 12.4 Å². The summed E-state index contributed by atoms with van der Waals surface area (Å²) >= 11 is 0. The van der Waals surface area contributed by atoms with E-state index in [2.05, 4.69) is 37.4 Å². The van der Waals surface area contributed by atoms with Crippen molar-refractivity contribution in [2.45, 2.75) is 51.0 Å². The molecule has 5 atom stereocenters. The number of rotatable bonds is 2. The van der Waals surface area contributed by atoms with Crippen molar-refractivity contribution < 1.29 is 9.53 Å². The Morgan fingerprint density at radius 2 is 2.17 bits per heavy atom. The van der Waals surface area contributed by atoms with Crippen LogP contribution in [-0.2, 0) is 16.6 Å². The van der Waals surface area contributed by atoms with Crippen LogP contribution in [0.2, 0.25) is 0 Å². The second kappa shape index (κ2) is 6.34. The number of hydrogen-bond donors (Lipinski definition) is 1. The van der Waals surface area contributed by atoms with E-state index in [1.165, 1.54) is 11.1 Å². The van der Waals surface area contributed by atoms with Gasteiger partial charge in [0, 0.05) is 23.8 Å². The van der Waals surface area contributed by atoms with E-state index >= 15 is 0 Å². The molecular formula is C20H28ClNO2. The van der Waals surface area contributed by atoms with Crippen molar-refractivity contribution >= 4 is 18.2 Å². The van der Waals surface area contributed by atoms with Crippen molar-refractivity contribution in [3.63, 3.8) is 0 Å². The van der Waals surface area contributed by atoms with Crippen LogP contribution in [0.25, 0.3) is 0 Å². The number of ketones is 1. The molecule has 2 bridgehead atoms. The van der Waals surface area contributed by atoms with Gasteiger partial charge < -0.3 is 10.1 Å². The molecule has 0 aromatic heterocycles. The lowest BCUT2D eigenvalue weighted by Crippen LogP contribution is -2.64. The topological polar surface area (TPSA) is 38.3 Å². The van der Waals surface area contributed by atoms with Crippen LogP contribution in [-0.4, -0.2) is 25.5 Å². The largest absolute Gasteiger partial charge is 0.497 e. The lowest BCUT2D eigenvalue weighted by molar-refractivity contribution is -0.134. The van der Waals surface area contributed by atoms with Crippen molar-refractivity contribution in [3.05, 3.63) is 29.3 Å². The maximum absolute atomic E-state index is 12.8. The molecule has 132 valence electrons. The van der Waals surface area contributed by atoms with Gasteiger partial charge in [0.1, 0.15) is 11.5 Å². The molecule has 1 saturated heterocycles. The van der Waals surface area contributed by atoms with Gasteiger partial charge in [0.15, 0.2) is 0 Å². The Kier molecular flexibility index (Phi) is 4.69. The second-order valence-electron chi connectivity index (χ2n) is 7.72. The summed E-state index contributed by atoms with van der Waals surface area (Å²) in [5.74, 6) is 2.66. The average molecular weight is 350 g/mol. The Hall–Kier alpha value is -1.06. The molecule has 0 unspecified atom stereocenters. The van der Waals surface area contributed by atoms with Gasteiger partial charge in [-0.2, -0.15) is 0 Å². The summed E-state index contributed by atoms with van der Waals surface area (Å²) in [5, 5.41) is 3.77. The highest BCUT2D eigenvalue weighted by atomic mass is 35.5. The standard InChI is InChI=1S/C20H27NO2.ClH/c1-4-15-12(2)18(22)11-20-7-8-21-17(19(15)20)9-13-5-6-14(23-3)10-16(13)20;/h5-6,10,12,15,17,19,21H,4,7-9,11H2,1-3H3;1H/t12-,15-,17+,19-,20+;/m0./s1. The molecular weight excluding hydrogens is 322 g/mol. The highest BCUT2D eigenvalue weighted by molar-refractivity contribution is 5.85. The molecule has 1 aromatic carbocycles. The SMILES string of the molecule is CC[C@@H]1[C@H]2[C@H]3Cc4ccc(OC)cc4[C@@]2(CCN3)CC(=O)[C@H]1C.Cl. The Labute approximate surface area is 151 Å². The third-order valence-corrected chi connectivity index (χ3v) is 6.91. The minimum Gasteiger partial charge on any atom is -0.497 e. The smallest absolute Gasteiger partial charge is 0.136 e. The third-order valence-electron chi connectivity index (χ3n) is 6.91. The molecule has 2 fully saturated rings. The fourth-order valence-electron chi connectivity index (χ4n) is 5.87. The molecule has 1 aliphatic heterocycles. The lowest BCUT2D eigenvalue weighted by Gasteiger charge is -2.59. The van der Waals surface area contributed by atoms with Crippen LogP contribution in [0, 0.1) is 17.8 Å². The summed E-state index contributed by atoms with van der Waals surface area (Å²) in [4.78, 5) is 12.8. The van der Waals surface area contributed by atoms with Crippen molar-refractivity contribution in [1.82, 2.24) is 5.32 Å². The summed E-state index contributed by atoms with van der Waals surface area (Å²) in [6.45, 7) is 5.43. The third kappa shape index (κ3) is 2.32. The molecule has 4 rings (SSSR count). The Bertz CT molecular complexity index is 647. The summed E-state index contributed by atoms with van der Waals surface area (Å²) in [7, 11) is 1.73. The number of Topliss-reactive ketones (excluding diaryl/α,β-unsaturated/α-hetero) is 1. The normalized spacial score (nSPS) is 37.0. The number of piperidine rings is 1. The van der Waals surface area contributed by atoms with Gasteiger partial charge in [-0.25, -0.2) is 0 Å². The number of benzene rings is 1. The minimum absolute atomic E-state index is 0. The van der Waals surface area contributed by atoms with Gasteiger partial charge in [-0.3, -0.25) is 4.79 Å². The van der Waals surface area contributed by atoms with Crippen LogP contribution in [0.15, 0.2) is 18.2 Å². The number of methoxy groups -OCH3 is 1. The van der Waals surface area contributed by atoms with Gasteiger partial charge in [-0.05, 0) is 54.5 Å². The molecule has 1 N–H and O–H groups in total. The first-order valence-electron chi connectivity index (χ1n) is 9.04. The quantitative estimate of drug-likeness (QED) is 0.887. The molecule has 0 amide bonds. The molecule has 0 spiro atoms. The van der Waals surface area contributed by atoms with E-state index in [1.807, 2.05) is 0 Å². The molecule has 4 heteroatoms. The molecule has 24 heavy (non-hydrogen) atoms. The predicted octanol–water partition coefficient (Wildman–Crippen LogP) is 3.52. The van der Waals surface area contributed by atoms with E-state index in [-0.39, 0.29) is 23.7 Å². The van der Waals surface area contributed by atoms with E-state index in [0.717, 1.165) is 31.6 Å². The molecule has 1 saturated carbocycles. The van der Waals surface area contributed by atoms with Crippen LogP contribution >= 0.6 is 12.4 Å². The number of hydrogen-bond acceptors (Lipinski definition) is 3. The molecule has 0 radical (unpaired) electrons. The second-order valence-corrected chi connectivity index (χ2v) is 7.72. The monoisotopic (exact) mass is 349 g/mol. The number of carbonyl (C=O) groups is 1. The van der Waals surface area contributed by atoms with Crippen molar-refractivity contribution in [1.29, 1.82) is 0 Å². The van der Waals surface area contributed by atoms with E-state index < -0.39 is 0 Å². The predicted molar refractivity (Wildman–Crippen MR) is 98.1 cm³/mol. The first-order chi connectivity index (χ1) is 11.1. The van der Waals surface area contributed by atoms with Crippen LogP contribution in [0.5, 0.6) is 5.75 Å². The summed E-state index contributed by atoms with van der Waals surface area (Å²) in [5.41, 5.74) is 2.84. The Morgan fingerprint density at radius 1 is 1.38 bits per heavy atom. The number of fused-ring (bicyclic) bond motifs is 1. The van der Waals surface area contributed by atoms with Crippen LogP contribution < -0.4 is 10.1 Å². The number of nitrogens with one attached hydrogen (secondary N) is 1. The summed E-state index contributed by atoms with van der Waals surface area (Å²) in [6, 6.07) is 7.02. The average Bonchev–Trinajstić information content (AvgIpc) is 2.55. The van der Waals surface area contributed by atoms with Gasteiger partial charge >= 0.3 is 0 Å². The van der Waals surface area contributed by atoms with Crippen LogP contribution in [0.1, 0.15) is 44.2 Å². The Balaban J connectivity index is 0.00000169. The van der Waals surface area contributed by atoms with E-state index in [1.54, 1.807) is 7.11 Å². The molecule has 2 aliphatic carbocycles. The molecule has 1 aromatic rings. The zero-order valence-corrected chi connectivity index (χ0v) is 15.6. The van der Waals surface area contributed by atoms with Crippen molar-refractivity contribution in [2.75, 3.05) is 13.7 Å². The summed E-state index contributed by atoms with van der Waals surface area (Å²) in [6.07, 6.45) is 3.97. The molecule has 3 aliphatic rings. The Morgan fingerprint density at radius 3 is 2.88 bits per heavy atom. The first-order valence-corrected chi connectivity index (χ1v) is 9.04. The van der Waals surface area contributed by atoms with Gasteiger partial charge in [0.25, 0.3) is 0 Å². The lowest BCUT2D eigenvalue weighted by atomic mass is 9.47. The summed E-state index contributed by atoms with van der Waals surface area (Å²) < 4.78 is 5.49. The van der Waals surface area contributed by atoms with Crippen molar-refractivity contribution in [2.24, 2.45) is 17.8 Å². The van der Waals surface area contributed by atoms with Gasteiger partial charge in [0.2, 0.25) is 0 Å². The molecule has 1 heterocycles. The number of halogens is 1. The first kappa shape index (κ1) is 17.8. The zero-order chi connectivity index (χ0) is 16.2. The highest BCUT2D eigenvalue weighted by Gasteiger charge is 2.58. The number of carbonyl (C=O) groups excluding carboxylic acids is 1. The highest BCUT2D eigenvalue weighted by Crippen LogP contribution is 2.57. The van der Waals surface area contributed by atoms with E-state index in [0.29, 0.717) is 30.1 Å². The van der Waals surface area contributed by atoms with Gasteiger partial charge in [-0.1, -0.05) is 26.3 Å². The molecule has 3 nitrogen and oxygen atoms in total. The van der Waals surface area contributed by atoms with Crippen LogP contribution in [0.3, 0.4) is 0 Å². The minimum atomic E-state index is 0. The fraction of sp³-hybridized carbons (Fsp3) is 0.650. The number of ether oxygens (including phenoxy) is 1. The van der Waals surface area contributed by atoms with Crippen molar-refractivity contribution in [3.8, 4) is 5.75 Å². The maximum atomic E-state index is 12.8. The van der Waals surface area contributed by atoms with Crippen LogP contribution in [0.4, 0.5) is 0 Å².